The lowest BCUT2D eigenvalue weighted by Crippen LogP contribution is -1.98. The van der Waals surface area contributed by atoms with Gasteiger partial charge in [-0.05, 0) is 11.1 Å². The molecule has 0 aliphatic rings. The monoisotopic (exact) mass is 297 g/mol. The number of nitrogens with two attached hydrogens (primary N) is 1. The normalized spacial score (nSPS) is 10.8. The lowest BCUT2D eigenvalue weighted by molar-refractivity contribution is 1.07. The highest BCUT2D eigenvalue weighted by Crippen LogP contribution is 2.36. The number of anilines is 1. The molecule has 0 radical (unpaired) electrons. The van der Waals surface area contributed by atoms with Gasteiger partial charge in [0.2, 0.25) is 0 Å². The largest absolute Gasteiger partial charge is 0.382 e. The average Bonchev–Trinajstić information content (AvgIpc) is 2.63. The summed E-state index contributed by atoms with van der Waals surface area (Å²) < 4.78 is 0. The second kappa shape index (κ2) is 5.54. The first-order chi connectivity index (χ1) is 11.3. The van der Waals surface area contributed by atoms with Gasteiger partial charge < -0.3 is 5.73 Å². The molecule has 0 saturated carbocycles. The summed E-state index contributed by atoms with van der Waals surface area (Å²) in [6.45, 7) is 0. The summed E-state index contributed by atoms with van der Waals surface area (Å²) in [5.41, 5.74) is 10.2. The van der Waals surface area contributed by atoms with Crippen LogP contribution in [0.4, 0.5) is 5.82 Å². The summed E-state index contributed by atoms with van der Waals surface area (Å²) in [6.07, 6.45) is 0. The van der Waals surface area contributed by atoms with Crippen LogP contribution in [0, 0.1) is 0 Å². The van der Waals surface area contributed by atoms with Crippen LogP contribution in [0.1, 0.15) is 0 Å². The number of nitrogens with zero attached hydrogens (tertiary/aromatic N) is 2. The summed E-state index contributed by atoms with van der Waals surface area (Å²) in [6, 6.07) is 26.5. The number of fused-ring (bicyclic) bond motifs is 1. The van der Waals surface area contributed by atoms with Gasteiger partial charge in [-0.3, -0.25) is 0 Å². The number of rotatable bonds is 2. The van der Waals surface area contributed by atoms with E-state index in [1.54, 1.807) is 0 Å². The molecule has 1 aromatic heterocycles. The van der Waals surface area contributed by atoms with Gasteiger partial charge in [-0.2, -0.15) is 0 Å². The van der Waals surface area contributed by atoms with Gasteiger partial charge in [-0.25, -0.2) is 0 Å². The fourth-order valence-corrected chi connectivity index (χ4v) is 2.88. The lowest BCUT2D eigenvalue weighted by Gasteiger charge is -2.12. The maximum absolute atomic E-state index is 6.08. The Hall–Kier alpha value is -3.20. The molecule has 110 valence electrons. The molecule has 0 saturated heterocycles. The van der Waals surface area contributed by atoms with E-state index < -0.39 is 0 Å². The van der Waals surface area contributed by atoms with Gasteiger partial charge in [0.1, 0.15) is 5.69 Å². The number of nitrogen functional groups attached to an aromatic ring is 1. The number of hydrogen-bond donors (Lipinski definition) is 1. The van der Waals surface area contributed by atoms with Gasteiger partial charge in [0.05, 0.1) is 0 Å². The van der Waals surface area contributed by atoms with E-state index in [1.807, 2.05) is 60.7 Å². The molecule has 0 amide bonds. The molecule has 3 aromatic carbocycles. The van der Waals surface area contributed by atoms with Gasteiger partial charge >= 0.3 is 0 Å². The summed E-state index contributed by atoms with van der Waals surface area (Å²) >= 11 is 0. The molecular formula is C20H15N3. The highest BCUT2D eigenvalue weighted by molar-refractivity contribution is 6.08. The van der Waals surface area contributed by atoms with Gasteiger partial charge in [-0.15, -0.1) is 10.2 Å². The Morgan fingerprint density at radius 2 is 1.26 bits per heavy atom. The fraction of sp³-hybridized carbons (Fsp3) is 0. The summed E-state index contributed by atoms with van der Waals surface area (Å²) in [7, 11) is 0. The Kier molecular flexibility index (Phi) is 3.24. The topological polar surface area (TPSA) is 51.8 Å². The predicted molar refractivity (Wildman–Crippen MR) is 94.8 cm³/mol. The van der Waals surface area contributed by atoms with Gasteiger partial charge in [-0.1, -0.05) is 78.9 Å². The number of aromatic nitrogens is 2. The minimum atomic E-state index is 0.456. The van der Waals surface area contributed by atoms with Crippen molar-refractivity contribution in [2.75, 3.05) is 5.73 Å². The predicted octanol–water partition coefficient (Wildman–Crippen LogP) is 4.55. The van der Waals surface area contributed by atoms with Crippen LogP contribution in [-0.2, 0) is 0 Å². The van der Waals surface area contributed by atoms with E-state index in [0.717, 1.165) is 33.2 Å². The van der Waals surface area contributed by atoms with Crippen molar-refractivity contribution in [2.24, 2.45) is 0 Å². The maximum Gasteiger partial charge on any atom is 0.154 e. The average molecular weight is 297 g/mol. The third kappa shape index (κ3) is 2.32. The zero-order valence-electron chi connectivity index (χ0n) is 12.5. The molecule has 0 bridgehead atoms. The Balaban J connectivity index is 2.11. The second-order valence-electron chi connectivity index (χ2n) is 5.39. The highest BCUT2D eigenvalue weighted by atomic mass is 15.1. The zero-order valence-corrected chi connectivity index (χ0v) is 12.5. The summed E-state index contributed by atoms with van der Waals surface area (Å²) in [4.78, 5) is 0. The Labute approximate surface area is 134 Å². The quantitative estimate of drug-likeness (QED) is 0.590. The second-order valence-corrected chi connectivity index (χ2v) is 5.39. The smallest absolute Gasteiger partial charge is 0.154 e. The first-order valence-electron chi connectivity index (χ1n) is 7.50. The van der Waals surface area contributed by atoms with Crippen LogP contribution < -0.4 is 5.73 Å². The maximum atomic E-state index is 6.08. The SMILES string of the molecule is Nc1nnc(-c2ccccc2)c2c(-c3ccccc3)cccc12. The molecule has 1 heterocycles. The molecule has 4 rings (SSSR count). The van der Waals surface area contributed by atoms with E-state index in [4.69, 9.17) is 5.73 Å². The summed E-state index contributed by atoms with van der Waals surface area (Å²) in [5.74, 6) is 0.456. The molecule has 0 aliphatic carbocycles. The first-order valence-corrected chi connectivity index (χ1v) is 7.50. The van der Waals surface area contributed by atoms with E-state index in [2.05, 4.69) is 28.4 Å². The van der Waals surface area contributed by atoms with Crippen LogP contribution >= 0.6 is 0 Å². The van der Waals surface area contributed by atoms with E-state index >= 15 is 0 Å². The first kappa shape index (κ1) is 13.5. The molecule has 4 aromatic rings. The van der Waals surface area contributed by atoms with Crippen LogP contribution in [-0.4, -0.2) is 10.2 Å². The van der Waals surface area contributed by atoms with Gasteiger partial charge in [0.15, 0.2) is 5.82 Å². The molecule has 0 aliphatic heterocycles. The lowest BCUT2D eigenvalue weighted by atomic mass is 9.95. The zero-order chi connectivity index (χ0) is 15.6. The Bertz CT molecular complexity index is 918. The van der Waals surface area contributed by atoms with Crippen LogP contribution in [0.5, 0.6) is 0 Å². The van der Waals surface area contributed by atoms with Crippen molar-refractivity contribution in [3.05, 3.63) is 78.9 Å². The van der Waals surface area contributed by atoms with Crippen molar-refractivity contribution < 1.29 is 0 Å². The van der Waals surface area contributed by atoms with E-state index in [9.17, 15) is 0 Å². The molecule has 0 unspecified atom stereocenters. The number of benzene rings is 3. The van der Waals surface area contributed by atoms with Gasteiger partial charge in [0, 0.05) is 16.3 Å². The van der Waals surface area contributed by atoms with E-state index in [0.29, 0.717) is 5.82 Å². The molecular weight excluding hydrogens is 282 g/mol. The minimum absolute atomic E-state index is 0.456. The van der Waals surface area contributed by atoms with Crippen molar-refractivity contribution in [3.63, 3.8) is 0 Å². The van der Waals surface area contributed by atoms with Crippen LogP contribution in [0.2, 0.25) is 0 Å². The third-order valence-electron chi connectivity index (χ3n) is 3.97. The summed E-state index contributed by atoms with van der Waals surface area (Å²) in [5, 5.41) is 10.5. The molecule has 2 N–H and O–H groups in total. The van der Waals surface area contributed by atoms with Crippen LogP contribution in [0.15, 0.2) is 78.9 Å². The standard InChI is InChI=1S/C20H15N3/c21-20-17-13-7-12-16(14-8-3-1-4-9-14)18(17)19(22-23-20)15-10-5-2-6-11-15/h1-13H,(H2,21,23). The molecule has 0 spiro atoms. The van der Waals surface area contributed by atoms with Crippen molar-refractivity contribution >= 4 is 16.6 Å². The van der Waals surface area contributed by atoms with Crippen molar-refractivity contribution in [1.29, 1.82) is 0 Å². The molecule has 23 heavy (non-hydrogen) atoms. The third-order valence-corrected chi connectivity index (χ3v) is 3.97. The fourth-order valence-electron chi connectivity index (χ4n) is 2.88. The van der Waals surface area contributed by atoms with Crippen molar-refractivity contribution in [1.82, 2.24) is 10.2 Å². The minimum Gasteiger partial charge on any atom is -0.382 e. The molecule has 3 nitrogen and oxygen atoms in total. The van der Waals surface area contributed by atoms with Crippen molar-refractivity contribution in [2.45, 2.75) is 0 Å². The molecule has 0 fully saturated rings. The highest BCUT2D eigenvalue weighted by Gasteiger charge is 2.14. The molecule has 3 heteroatoms. The van der Waals surface area contributed by atoms with E-state index in [-0.39, 0.29) is 0 Å². The Morgan fingerprint density at radius 3 is 1.96 bits per heavy atom. The van der Waals surface area contributed by atoms with E-state index in [1.165, 1.54) is 0 Å². The van der Waals surface area contributed by atoms with Crippen molar-refractivity contribution in [3.8, 4) is 22.4 Å². The number of hydrogen-bond acceptors (Lipinski definition) is 3. The van der Waals surface area contributed by atoms with Crippen LogP contribution in [0.25, 0.3) is 33.2 Å². The van der Waals surface area contributed by atoms with Crippen LogP contribution in [0.3, 0.4) is 0 Å². The molecule has 0 atom stereocenters. The Morgan fingerprint density at radius 1 is 0.609 bits per heavy atom. The van der Waals surface area contributed by atoms with Gasteiger partial charge in [0.25, 0.3) is 0 Å².